The Balaban J connectivity index is 2.50. The van der Waals surface area contributed by atoms with Crippen LogP contribution in [0, 0.1) is 0 Å². The van der Waals surface area contributed by atoms with Crippen molar-refractivity contribution in [1.82, 2.24) is 0 Å². The zero-order valence-electron chi connectivity index (χ0n) is 4.43. The zero-order chi connectivity index (χ0) is 5.82. The van der Waals surface area contributed by atoms with Crippen molar-refractivity contribution in [3.8, 4) is 0 Å². The molecular weight excluding hydrogens is 124 g/mol. The lowest BCUT2D eigenvalue weighted by Gasteiger charge is -1.84. The summed E-state index contributed by atoms with van der Waals surface area (Å²) >= 11 is 5.43. The van der Waals surface area contributed by atoms with Crippen LogP contribution in [-0.2, 0) is 6.42 Å². The van der Waals surface area contributed by atoms with Crippen LogP contribution in [0.3, 0.4) is 0 Å². The molecule has 0 radical (unpaired) electrons. The summed E-state index contributed by atoms with van der Waals surface area (Å²) in [5, 5.41) is 0. The molecule has 1 aromatic rings. The molecule has 0 fully saturated rings. The second-order valence-electron chi connectivity index (χ2n) is 1.52. The molecule has 0 amide bonds. The van der Waals surface area contributed by atoms with Crippen LogP contribution >= 0.6 is 11.6 Å². The topological polar surface area (TPSA) is 13.1 Å². The molecule has 0 aliphatic rings. The highest BCUT2D eigenvalue weighted by atomic mass is 35.5. The van der Waals surface area contributed by atoms with Gasteiger partial charge in [-0.25, -0.2) is 0 Å². The van der Waals surface area contributed by atoms with E-state index in [1.54, 1.807) is 6.26 Å². The average molecular weight is 131 g/mol. The molecule has 44 valence electrons. The predicted molar refractivity (Wildman–Crippen MR) is 33.1 cm³/mol. The van der Waals surface area contributed by atoms with E-state index in [1.807, 2.05) is 12.1 Å². The van der Waals surface area contributed by atoms with Gasteiger partial charge in [-0.05, 0) is 12.1 Å². The molecule has 0 spiro atoms. The van der Waals surface area contributed by atoms with Crippen molar-refractivity contribution < 1.29 is 4.42 Å². The molecule has 1 heterocycles. The normalized spacial score (nSPS) is 9.62. The Hall–Kier alpha value is -0.430. The molecule has 0 bridgehead atoms. The molecule has 0 aliphatic heterocycles. The minimum atomic E-state index is 0.632. The fourth-order valence-electron chi connectivity index (χ4n) is 0.548. The first-order valence-corrected chi connectivity index (χ1v) is 3.05. The van der Waals surface area contributed by atoms with E-state index in [2.05, 4.69) is 0 Å². The highest BCUT2D eigenvalue weighted by Crippen LogP contribution is 2.00. The summed E-state index contributed by atoms with van der Waals surface area (Å²) in [4.78, 5) is 0. The van der Waals surface area contributed by atoms with Crippen LogP contribution in [0.1, 0.15) is 5.76 Å². The maximum absolute atomic E-state index is 5.43. The molecule has 0 N–H and O–H groups in total. The fourth-order valence-corrected chi connectivity index (χ4v) is 0.734. The third-order valence-corrected chi connectivity index (χ3v) is 1.11. The number of hydrogen-bond acceptors (Lipinski definition) is 1. The minimum absolute atomic E-state index is 0.632. The average Bonchev–Trinajstić information content (AvgIpc) is 2.19. The molecule has 0 saturated carbocycles. The Morgan fingerprint density at radius 2 is 2.50 bits per heavy atom. The summed E-state index contributed by atoms with van der Waals surface area (Å²) in [6, 6.07) is 3.78. The van der Waals surface area contributed by atoms with Crippen molar-refractivity contribution in [3.05, 3.63) is 24.2 Å². The summed E-state index contributed by atoms with van der Waals surface area (Å²) in [5.74, 6) is 1.59. The highest BCUT2D eigenvalue weighted by molar-refractivity contribution is 6.17. The molecule has 2 heteroatoms. The van der Waals surface area contributed by atoms with Crippen LogP contribution in [0.2, 0.25) is 0 Å². The number of furan rings is 1. The zero-order valence-corrected chi connectivity index (χ0v) is 5.19. The molecule has 0 aromatic carbocycles. The molecule has 0 unspecified atom stereocenters. The van der Waals surface area contributed by atoms with Gasteiger partial charge in [-0.15, -0.1) is 11.6 Å². The molecular formula is C6H7ClO. The van der Waals surface area contributed by atoms with E-state index in [-0.39, 0.29) is 0 Å². The SMILES string of the molecule is ClCCc1ccco1. The van der Waals surface area contributed by atoms with Crippen molar-refractivity contribution in [2.24, 2.45) is 0 Å². The third kappa shape index (κ3) is 1.27. The van der Waals surface area contributed by atoms with Gasteiger partial charge in [0.25, 0.3) is 0 Å². The lowest BCUT2D eigenvalue weighted by molar-refractivity contribution is 0.517. The Labute approximate surface area is 53.3 Å². The van der Waals surface area contributed by atoms with Crippen molar-refractivity contribution >= 4 is 11.6 Å². The van der Waals surface area contributed by atoms with Crippen molar-refractivity contribution in [2.45, 2.75) is 6.42 Å². The summed E-state index contributed by atoms with van der Waals surface area (Å²) in [6.45, 7) is 0. The smallest absolute Gasteiger partial charge is 0.104 e. The van der Waals surface area contributed by atoms with Gasteiger partial charge in [0, 0.05) is 12.3 Å². The van der Waals surface area contributed by atoms with Gasteiger partial charge in [-0.2, -0.15) is 0 Å². The molecule has 0 aliphatic carbocycles. The summed E-state index contributed by atoms with van der Waals surface area (Å²) in [6.07, 6.45) is 2.48. The number of alkyl halides is 1. The van der Waals surface area contributed by atoms with Crippen LogP contribution in [0.15, 0.2) is 22.8 Å². The number of rotatable bonds is 2. The Bertz CT molecular complexity index is 134. The van der Waals surface area contributed by atoms with E-state index in [0.717, 1.165) is 12.2 Å². The first-order valence-electron chi connectivity index (χ1n) is 2.52. The Morgan fingerprint density at radius 3 is 3.00 bits per heavy atom. The lowest BCUT2D eigenvalue weighted by atomic mass is 10.4. The molecule has 0 atom stereocenters. The van der Waals surface area contributed by atoms with Crippen LogP contribution in [0.25, 0.3) is 0 Å². The van der Waals surface area contributed by atoms with Gasteiger partial charge in [-0.3, -0.25) is 0 Å². The van der Waals surface area contributed by atoms with Gasteiger partial charge in [-0.1, -0.05) is 0 Å². The van der Waals surface area contributed by atoms with Gasteiger partial charge >= 0.3 is 0 Å². The molecule has 1 aromatic heterocycles. The van der Waals surface area contributed by atoms with Gasteiger partial charge in [0.2, 0.25) is 0 Å². The Morgan fingerprint density at radius 1 is 1.62 bits per heavy atom. The first kappa shape index (κ1) is 5.70. The van der Waals surface area contributed by atoms with E-state index < -0.39 is 0 Å². The quantitative estimate of drug-likeness (QED) is 0.559. The largest absolute Gasteiger partial charge is 0.469 e. The van der Waals surface area contributed by atoms with Gasteiger partial charge < -0.3 is 4.42 Å². The van der Waals surface area contributed by atoms with E-state index in [9.17, 15) is 0 Å². The summed E-state index contributed by atoms with van der Waals surface area (Å²) < 4.78 is 4.99. The van der Waals surface area contributed by atoms with Crippen LogP contribution in [-0.4, -0.2) is 5.88 Å². The molecule has 8 heavy (non-hydrogen) atoms. The summed E-state index contributed by atoms with van der Waals surface area (Å²) in [5.41, 5.74) is 0. The van der Waals surface area contributed by atoms with Crippen molar-refractivity contribution in [3.63, 3.8) is 0 Å². The molecule has 1 rings (SSSR count). The maximum atomic E-state index is 5.43. The van der Waals surface area contributed by atoms with Gasteiger partial charge in [0.1, 0.15) is 5.76 Å². The standard InChI is InChI=1S/C6H7ClO/c7-4-3-6-2-1-5-8-6/h1-2,5H,3-4H2. The van der Waals surface area contributed by atoms with E-state index in [4.69, 9.17) is 16.0 Å². The second-order valence-corrected chi connectivity index (χ2v) is 1.90. The second kappa shape index (κ2) is 2.78. The van der Waals surface area contributed by atoms with Gasteiger partial charge in [0.15, 0.2) is 0 Å². The van der Waals surface area contributed by atoms with E-state index >= 15 is 0 Å². The predicted octanol–water partition coefficient (Wildman–Crippen LogP) is 2.06. The van der Waals surface area contributed by atoms with E-state index in [1.165, 1.54) is 0 Å². The van der Waals surface area contributed by atoms with Crippen molar-refractivity contribution in [2.75, 3.05) is 5.88 Å². The fraction of sp³-hybridized carbons (Fsp3) is 0.333. The Kier molecular flexibility index (Phi) is 1.98. The van der Waals surface area contributed by atoms with Crippen LogP contribution in [0.4, 0.5) is 0 Å². The number of halogens is 1. The first-order chi connectivity index (χ1) is 3.93. The number of aryl methyl sites for hydroxylation is 1. The molecule has 1 nitrogen and oxygen atoms in total. The third-order valence-electron chi connectivity index (χ3n) is 0.921. The van der Waals surface area contributed by atoms with Crippen LogP contribution < -0.4 is 0 Å². The van der Waals surface area contributed by atoms with Crippen LogP contribution in [0.5, 0.6) is 0 Å². The monoisotopic (exact) mass is 130 g/mol. The maximum Gasteiger partial charge on any atom is 0.104 e. The lowest BCUT2D eigenvalue weighted by Crippen LogP contribution is -1.78. The van der Waals surface area contributed by atoms with Gasteiger partial charge in [0.05, 0.1) is 6.26 Å². The molecule has 0 saturated heterocycles. The van der Waals surface area contributed by atoms with Crippen molar-refractivity contribution in [1.29, 1.82) is 0 Å². The highest BCUT2D eigenvalue weighted by Gasteiger charge is 1.89. The summed E-state index contributed by atoms with van der Waals surface area (Å²) in [7, 11) is 0. The number of hydrogen-bond donors (Lipinski definition) is 0. The minimum Gasteiger partial charge on any atom is -0.469 e. The van der Waals surface area contributed by atoms with E-state index in [0.29, 0.717) is 5.88 Å².